The summed E-state index contributed by atoms with van der Waals surface area (Å²) in [5, 5.41) is 27.9. The summed E-state index contributed by atoms with van der Waals surface area (Å²) in [5.74, 6) is -2.76. The Morgan fingerprint density at radius 3 is 1.84 bits per heavy atom. The van der Waals surface area contributed by atoms with E-state index in [0.29, 0.717) is 19.5 Å². The van der Waals surface area contributed by atoms with Crippen molar-refractivity contribution in [1.82, 2.24) is 10.2 Å². The van der Waals surface area contributed by atoms with E-state index in [-0.39, 0.29) is 20.4 Å². The number of carbonyl (C=O) groups is 2. The first-order chi connectivity index (χ1) is 13.5. The summed E-state index contributed by atoms with van der Waals surface area (Å²) in [6, 6.07) is 0. The fourth-order valence-electron chi connectivity index (χ4n) is 2.19. The molecule has 2 heterocycles. The van der Waals surface area contributed by atoms with Crippen LogP contribution in [0.1, 0.15) is 41.0 Å². The predicted molar refractivity (Wildman–Crippen MR) is 102 cm³/mol. The normalized spacial score (nSPS) is 26.2. The highest BCUT2D eigenvalue weighted by Crippen LogP contribution is 2.17. The average Bonchev–Trinajstić information content (AvgIpc) is 2.59. The van der Waals surface area contributed by atoms with E-state index in [1.54, 1.807) is 20.8 Å². The zero-order valence-electron chi connectivity index (χ0n) is 17.0. The number of piperidine rings is 2. The molecule has 0 bridgehead atoms. The molecule has 0 spiro atoms. The highest BCUT2D eigenvalue weighted by Gasteiger charge is 2.38. The molecule has 8 nitrogen and oxygen atoms in total. The second-order valence-corrected chi connectivity index (χ2v) is 7.68. The van der Waals surface area contributed by atoms with Crippen LogP contribution in [-0.4, -0.2) is 94.8 Å². The standard InChI is InChI=1S/C10H18FNO3.C5H10FNO.C2HF3O2.CH4/c1-10(2,3)15-9(14)12-5-4-8(13)7(11)6-12;6-4-3-7-2-1-5(4)8;3-2(4,5)1(6)7;/h7-8,13H,4-6H2,1-3H3;4-5,7-8H,1-3H2;(H,6,7);1H4. The Morgan fingerprint density at radius 1 is 1.03 bits per heavy atom. The summed E-state index contributed by atoms with van der Waals surface area (Å²) in [6.07, 6.45) is -8.89. The molecule has 2 fully saturated rings. The fourth-order valence-corrected chi connectivity index (χ4v) is 2.19. The highest BCUT2D eigenvalue weighted by atomic mass is 19.4. The van der Waals surface area contributed by atoms with Crippen molar-refractivity contribution >= 4 is 12.1 Å². The van der Waals surface area contributed by atoms with Gasteiger partial charge in [0, 0.05) is 13.1 Å². The number of nitrogens with zero attached hydrogens (tertiary/aromatic N) is 1. The number of likely N-dealkylation sites (tertiary alicyclic amines) is 1. The van der Waals surface area contributed by atoms with Crippen LogP contribution in [0.15, 0.2) is 0 Å². The second kappa shape index (κ2) is 13.6. The molecule has 2 aliphatic heterocycles. The number of aliphatic carboxylic acids is 1. The van der Waals surface area contributed by atoms with Crippen LogP contribution in [0.3, 0.4) is 0 Å². The first-order valence-electron chi connectivity index (χ1n) is 9.17. The van der Waals surface area contributed by atoms with Crippen molar-refractivity contribution in [3.05, 3.63) is 0 Å². The Labute approximate surface area is 178 Å². The van der Waals surface area contributed by atoms with Crippen molar-refractivity contribution in [3.63, 3.8) is 0 Å². The van der Waals surface area contributed by atoms with Gasteiger partial charge in [0.05, 0.1) is 18.8 Å². The first kappa shape index (κ1) is 31.5. The largest absolute Gasteiger partial charge is 0.490 e. The number of aliphatic hydroxyl groups is 2. The van der Waals surface area contributed by atoms with E-state index in [9.17, 15) is 26.7 Å². The summed E-state index contributed by atoms with van der Waals surface area (Å²) in [7, 11) is 0. The molecule has 1 amide bonds. The van der Waals surface area contributed by atoms with Crippen LogP contribution in [0.25, 0.3) is 0 Å². The Morgan fingerprint density at radius 2 is 1.52 bits per heavy atom. The summed E-state index contributed by atoms with van der Waals surface area (Å²) < 4.78 is 62.2. The van der Waals surface area contributed by atoms with E-state index in [1.165, 1.54) is 4.90 Å². The minimum Gasteiger partial charge on any atom is -0.475 e. The number of nitrogens with one attached hydrogen (secondary N) is 1. The van der Waals surface area contributed by atoms with E-state index in [2.05, 4.69) is 5.32 Å². The fraction of sp³-hybridized carbons (Fsp3) is 0.889. The number of halogens is 5. The molecule has 2 saturated heterocycles. The van der Waals surface area contributed by atoms with E-state index >= 15 is 0 Å². The highest BCUT2D eigenvalue weighted by molar-refractivity contribution is 5.73. The van der Waals surface area contributed by atoms with Gasteiger partial charge in [-0.05, 0) is 40.2 Å². The van der Waals surface area contributed by atoms with Crippen LogP contribution in [0.2, 0.25) is 0 Å². The third-order valence-electron chi connectivity index (χ3n) is 3.78. The monoisotopic (exact) mass is 468 g/mol. The molecule has 0 saturated carbocycles. The van der Waals surface area contributed by atoms with Crippen molar-refractivity contribution in [2.24, 2.45) is 0 Å². The number of alkyl halides is 5. The molecule has 4 unspecified atom stereocenters. The number of amides is 1. The van der Waals surface area contributed by atoms with Crippen molar-refractivity contribution < 1.29 is 51.6 Å². The molecule has 186 valence electrons. The van der Waals surface area contributed by atoms with Crippen LogP contribution in [0.4, 0.5) is 26.7 Å². The number of hydrogen-bond donors (Lipinski definition) is 4. The predicted octanol–water partition coefficient (Wildman–Crippen LogP) is 2.27. The lowest BCUT2D eigenvalue weighted by Gasteiger charge is -2.33. The number of carbonyl (C=O) groups excluding carboxylic acids is 1. The van der Waals surface area contributed by atoms with Crippen molar-refractivity contribution in [2.45, 2.75) is 77.4 Å². The van der Waals surface area contributed by atoms with E-state index in [0.717, 1.165) is 6.54 Å². The molecule has 13 heteroatoms. The summed E-state index contributed by atoms with van der Waals surface area (Å²) >= 11 is 0. The lowest BCUT2D eigenvalue weighted by Crippen LogP contribution is -2.48. The van der Waals surface area contributed by atoms with Crippen LogP contribution in [0.5, 0.6) is 0 Å². The maximum Gasteiger partial charge on any atom is 0.490 e. The van der Waals surface area contributed by atoms with Crippen molar-refractivity contribution in [2.75, 3.05) is 26.2 Å². The van der Waals surface area contributed by atoms with Gasteiger partial charge in [0.15, 0.2) is 0 Å². The third kappa shape index (κ3) is 14.0. The quantitative estimate of drug-likeness (QED) is 0.403. The van der Waals surface area contributed by atoms with Gasteiger partial charge in [0.1, 0.15) is 17.9 Å². The lowest BCUT2D eigenvalue weighted by atomic mass is 10.1. The summed E-state index contributed by atoms with van der Waals surface area (Å²) in [4.78, 5) is 21.7. The first-order valence-corrected chi connectivity index (χ1v) is 9.17. The van der Waals surface area contributed by atoms with Gasteiger partial charge in [-0.25, -0.2) is 18.4 Å². The molecule has 4 N–H and O–H groups in total. The number of aliphatic hydroxyl groups excluding tert-OH is 2. The van der Waals surface area contributed by atoms with Gasteiger partial charge in [-0.1, -0.05) is 7.43 Å². The molecule has 0 aromatic rings. The molecule has 31 heavy (non-hydrogen) atoms. The molecule has 0 aromatic heterocycles. The van der Waals surface area contributed by atoms with Gasteiger partial charge in [-0.15, -0.1) is 0 Å². The summed E-state index contributed by atoms with van der Waals surface area (Å²) in [6.45, 7) is 6.58. The van der Waals surface area contributed by atoms with E-state index in [1.807, 2.05) is 0 Å². The Hall–Kier alpha value is -1.73. The topological polar surface area (TPSA) is 119 Å². The van der Waals surface area contributed by atoms with Crippen molar-refractivity contribution in [1.29, 1.82) is 0 Å². The molecular formula is C18H33F5N2O6. The average molecular weight is 468 g/mol. The number of ether oxygens (including phenoxy) is 1. The van der Waals surface area contributed by atoms with Gasteiger partial charge in [0.2, 0.25) is 0 Å². The molecule has 0 radical (unpaired) electrons. The third-order valence-corrected chi connectivity index (χ3v) is 3.78. The number of hydrogen-bond acceptors (Lipinski definition) is 6. The van der Waals surface area contributed by atoms with Gasteiger partial charge in [-0.3, -0.25) is 0 Å². The van der Waals surface area contributed by atoms with E-state index < -0.39 is 48.4 Å². The summed E-state index contributed by atoms with van der Waals surface area (Å²) in [5.41, 5.74) is -0.570. The molecule has 2 rings (SSSR count). The number of rotatable bonds is 0. The minimum atomic E-state index is -5.08. The SMILES string of the molecule is C.CC(C)(C)OC(=O)N1CCC(O)C(F)C1.O=C(O)C(F)(F)F.OC1CCNCC1F. The Balaban J connectivity index is 0. The molecule has 0 aliphatic carbocycles. The molecule has 4 atom stereocenters. The van der Waals surface area contributed by atoms with Gasteiger partial charge < -0.3 is 30.3 Å². The van der Waals surface area contributed by atoms with Crippen molar-refractivity contribution in [3.8, 4) is 0 Å². The second-order valence-electron chi connectivity index (χ2n) is 7.68. The van der Waals surface area contributed by atoms with E-state index in [4.69, 9.17) is 24.9 Å². The zero-order valence-corrected chi connectivity index (χ0v) is 17.0. The van der Waals surface area contributed by atoms with Crippen LogP contribution >= 0.6 is 0 Å². The number of carboxylic acids is 1. The zero-order chi connectivity index (χ0) is 23.7. The maximum absolute atomic E-state index is 13.1. The Bertz CT molecular complexity index is 535. The van der Waals surface area contributed by atoms with Gasteiger partial charge in [-0.2, -0.15) is 13.2 Å². The molecule has 2 aliphatic rings. The van der Waals surface area contributed by atoms with Crippen LogP contribution in [0, 0.1) is 0 Å². The van der Waals surface area contributed by atoms with Crippen LogP contribution < -0.4 is 5.32 Å². The smallest absolute Gasteiger partial charge is 0.475 e. The number of carboxylic acid groups (broad SMARTS) is 1. The molecule has 0 aromatic carbocycles. The maximum atomic E-state index is 13.1. The Kier molecular flexibility index (Phi) is 13.8. The molecular weight excluding hydrogens is 435 g/mol. The van der Waals surface area contributed by atoms with Gasteiger partial charge >= 0.3 is 18.2 Å². The lowest BCUT2D eigenvalue weighted by molar-refractivity contribution is -0.192. The van der Waals surface area contributed by atoms with Crippen LogP contribution in [-0.2, 0) is 9.53 Å². The van der Waals surface area contributed by atoms with Gasteiger partial charge in [0.25, 0.3) is 0 Å². The minimum absolute atomic E-state index is 0.